The molecule has 0 atom stereocenters. The molecule has 1 aliphatic carbocycles. The number of allylic oxidation sites excluding steroid dienone is 2. The summed E-state index contributed by atoms with van der Waals surface area (Å²) in [7, 11) is 0. The Labute approximate surface area is 290 Å². The fraction of sp³-hybridized carbons (Fsp3) is 0.488. The van der Waals surface area contributed by atoms with E-state index < -0.39 is 0 Å². The molecule has 0 spiro atoms. The van der Waals surface area contributed by atoms with Crippen LogP contribution in [0.15, 0.2) is 54.3 Å². The van der Waals surface area contributed by atoms with Crippen LogP contribution in [0, 0.1) is 16.9 Å². The predicted molar refractivity (Wildman–Crippen MR) is 190 cm³/mol. The molecular weight excluding hydrogens is 745 g/mol. The maximum atomic E-state index is 11.9. The molecule has 0 saturated carbocycles. The van der Waals surface area contributed by atoms with Crippen molar-refractivity contribution < 1.29 is 30.0 Å². The molecule has 1 aromatic heterocycles. The summed E-state index contributed by atoms with van der Waals surface area (Å²) in [5.74, 6) is 1.82. The van der Waals surface area contributed by atoms with E-state index in [9.17, 15) is 9.90 Å². The van der Waals surface area contributed by atoms with Crippen LogP contribution >= 0.6 is 0 Å². The van der Waals surface area contributed by atoms with Crippen LogP contribution in [0.5, 0.6) is 0 Å². The largest absolute Gasteiger partial charge is 0.512 e. The second-order valence-corrected chi connectivity index (χ2v) is 14.7. The number of benzene rings is 3. The van der Waals surface area contributed by atoms with E-state index in [-0.39, 0.29) is 48.4 Å². The van der Waals surface area contributed by atoms with E-state index in [1.165, 1.54) is 52.8 Å². The van der Waals surface area contributed by atoms with Gasteiger partial charge < -0.3 is 5.11 Å². The molecule has 0 unspecified atom stereocenters. The van der Waals surface area contributed by atoms with Gasteiger partial charge in [-0.25, -0.2) is 4.98 Å². The number of carbonyl (C=O) groups is 1. The summed E-state index contributed by atoms with van der Waals surface area (Å²) in [6.45, 7) is 20.5. The van der Waals surface area contributed by atoms with Gasteiger partial charge in [0.1, 0.15) is 11.6 Å². The van der Waals surface area contributed by atoms with E-state index in [0.717, 1.165) is 47.2 Å². The second kappa shape index (κ2) is 15.3. The quantitative estimate of drug-likeness (QED) is 0.0875. The zero-order chi connectivity index (χ0) is 33.1. The number of carbonyl (C=O) groups excluding carboxylic acids is 1. The van der Waals surface area contributed by atoms with Crippen LogP contribution in [0.2, 0.25) is 0 Å². The Bertz CT molecular complexity index is 1710. The zero-order valence-corrected chi connectivity index (χ0v) is 32.0. The first-order valence-corrected chi connectivity index (χ1v) is 16.9. The number of aliphatic hydroxyl groups excluding tert-OH is 1. The molecule has 5 rings (SSSR count). The summed E-state index contributed by atoms with van der Waals surface area (Å²) in [5.41, 5.74) is 6.81. The molecule has 1 radical (unpaired) electrons. The van der Waals surface area contributed by atoms with Gasteiger partial charge in [-0.05, 0) is 47.2 Å². The average molecular weight is 798 g/mol. The number of aliphatic hydroxyl groups is 1. The van der Waals surface area contributed by atoms with Crippen molar-refractivity contribution in [1.82, 2.24) is 9.97 Å². The first kappa shape index (κ1) is 37.6. The molecule has 1 heterocycles. The van der Waals surface area contributed by atoms with Gasteiger partial charge in [-0.3, -0.25) is 9.78 Å². The summed E-state index contributed by atoms with van der Waals surface area (Å²) >= 11 is 0. The number of fused-ring (bicyclic) bond motifs is 4. The third-order valence-electron chi connectivity index (χ3n) is 9.62. The smallest absolute Gasteiger partial charge is 0.164 e. The molecule has 4 nitrogen and oxygen atoms in total. The Morgan fingerprint density at radius 1 is 0.935 bits per heavy atom. The third-order valence-corrected chi connectivity index (χ3v) is 9.62. The molecule has 249 valence electrons. The van der Waals surface area contributed by atoms with Gasteiger partial charge in [0.25, 0.3) is 0 Å². The molecule has 46 heavy (non-hydrogen) atoms. The van der Waals surface area contributed by atoms with Crippen molar-refractivity contribution in [2.45, 2.75) is 120 Å². The van der Waals surface area contributed by atoms with Crippen molar-refractivity contribution >= 4 is 27.5 Å². The van der Waals surface area contributed by atoms with E-state index >= 15 is 0 Å². The van der Waals surface area contributed by atoms with E-state index in [1.807, 2.05) is 41.5 Å². The minimum Gasteiger partial charge on any atom is -0.512 e. The van der Waals surface area contributed by atoms with Gasteiger partial charge in [-0.1, -0.05) is 119 Å². The Kier molecular flexibility index (Phi) is 12.5. The van der Waals surface area contributed by atoms with Crippen molar-refractivity contribution in [3.63, 3.8) is 0 Å². The zero-order valence-electron chi connectivity index (χ0n) is 29.6. The van der Waals surface area contributed by atoms with E-state index in [0.29, 0.717) is 5.92 Å². The Hall–Kier alpha value is -2.88. The first-order valence-electron chi connectivity index (χ1n) is 16.9. The number of hydrogen-bond acceptors (Lipinski definition) is 4. The average Bonchev–Trinajstić information content (AvgIpc) is 3.02. The number of ketones is 1. The van der Waals surface area contributed by atoms with Crippen LogP contribution in [0.25, 0.3) is 32.9 Å². The number of rotatable bonds is 7. The van der Waals surface area contributed by atoms with Gasteiger partial charge in [0.2, 0.25) is 0 Å². The molecule has 5 heteroatoms. The fourth-order valence-corrected chi connectivity index (χ4v) is 5.87. The third kappa shape index (κ3) is 8.15. The van der Waals surface area contributed by atoms with Gasteiger partial charge >= 0.3 is 0 Å². The maximum Gasteiger partial charge on any atom is 0.164 e. The molecule has 0 amide bonds. The first-order chi connectivity index (χ1) is 21.2. The maximum absolute atomic E-state index is 11.9. The summed E-state index contributed by atoms with van der Waals surface area (Å²) in [5, 5.41) is 13.4. The van der Waals surface area contributed by atoms with Crippen LogP contribution in [-0.4, -0.2) is 20.9 Å². The molecule has 0 aliphatic heterocycles. The fourth-order valence-electron chi connectivity index (χ4n) is 5.87. The van der Waals surface area contributed by atoms with E-state index in [4.69, 9.17) is 9.97 Å². The number of nitrogens with zero attached hydrogens (tertiary/aromatic N) is 2. The Morgan fingerprint density at radius 2 is 1.59 bits per heavy atom. The topological polar surface area (TPSA) is 63.1 Å². The van der Waals surface area contributed by atoms with Crippen LogP contribution < -0.4 is 0 Å². The van der Waals surface area contributed by atoms with Crippen molar-refractivity contribution in [1.29, 1.82) is 0 Å². The predicted octanol–water partition coefficient (Wildman–Crippen LogP) is 11.2. The molecule has 0 bridgehead atoms. The van der Waals surface area contributed by atoms with Crippen LogP contribution in [0.3, 0.4) is 0 Å². The van der Waals surface area contributed by atoms with Crippen molar-refractivity contribution in [3.05, 3.63) is 82.9 Å². The molecule has 0 saturated heterocycles. The van der Waals surface area contributed by atoms with Crippen molar-refractivity contribution in [3.8, 4) is 11.3 Å². The number of aryl methyl sites for hydroxylation is 2. The molecule has 0 fully saturated rings. The van der Waals surface area contributed by atoms with Gasteiger partial charge in [0.15, 0.2) is 5.78 Å². The van der Waals surface area contributed by atoms with E-state index in [2.05, 4.69) is 76.2 Å². The summed E-state index contributed by atoms with van der Waals surface area (Å²) < 4.78 is 0. The molecule has 3 aromatic carbocycles. The normalized spacial score (nSPS) is 13.8. The second-order valence-electron chi connectivity index (χ2n) is 14.7. The van der Waals surface area contributed by atoms with Crippen molar-refractivity contribution in [2.24, 2.45) is 10.8 Å². The van der Waals surface area contributed by atoms with Gasteiger partial charge in [-0.2, -0.15) is 0 Å². The monoisotopic (exact) mass is 798 g/mol. The SMILES string of the molecule is CC(C)c1nc(-c2[c-]cc3c(c2)CCCC3)c2ccc3cccc(C(C)C)c3c2n1.CCC(C)(CC)C(=O)/C=C(\O)C(C)(C)C.[Ir]. The number of hydrogen-bond donors (Lipinski definition) is 1. The standard InChI is InChI=1S/C28H29N2.C13H24O2.Ir/c1-17(2)23-11-7-10-20-14-15-24-26(29-28(18(3)4)30-27(24)25(20)23)22-13-12-19-8-5-6-9-21(19)16-22;1-7-13(6,8-2)11(15)9-10(14)12(3,4)5;/h7,10-12,14-18H,5-6,8-9H2,1-4H3;9,14H,7-8H2,1-6H3;/q-1;;/b;10-9-;. The van der Waals surface area contributed by atoms with Gasteiger partial charge in [0, 0.05) is 48.3 Å². The molecule has 1 aliphatic rings. The van der Waals surface area contributed by atoms with Crippen LogP contribution in [-0.2, 0) is 37.7 Å². The van der Waals surface area contributed by atoms with Crippen LogP contribution in [0.4, 0.5) is 0 Å². The summed E-state index contributed by atoms with van der Waals surface area (Å²) in [6.07, 6.45) is 7.91. The summed E-state index contributed by atoms with van der Waals surface area (Å²) in [4.78, 5) is 22.1. The molecule has 4 aromatic rings. The van der Waals surface area contributed by atoms with Gasteiger partial charge in [-0.15, -0.1) is 34.9 Å². The van der Waals surface area contributed by atoms with Crippen LogP contribution in [0.1, 0.15) is 129 Å². The van der Waals surface area contributed by atoms with Gasteiger partial charge in [0.05, 0.1) is 5.52 Å². The number of aromatic nitrogens is 2. The Balaban J connectivity index is 0.000000309. The van der Waals surface area contributed by atoms with E-state index in [1.54, 1.807) is 0 Å². The molecular formula is C41H53IrN2O2-. The minimum absolute atomic E-state index is 0. The molecule has 1 N–H and O–H groups in total. The summed E-state index contributed by atoms with van der Waals surface area (Å²) in [6, 6.07) is 19.1. The van der Waals surface area contributed by atoms with Crippen molar-refractivity contribution in [2.75, 3.05) is 0 Å². The Morgan fingerprint density at radius 3 is 2.17 bits per heavy atom. The minimum atomic E-state index is -0.349.